The standard InChI is InChI=1S/C18H22N4O3/c1-22-15-5-2-4-14(13(15)11-19-22)21-18(23)20-12-6-7-16-17(10-12)25-9-3-8-24-16/h6-7,10-11,14H,2-5,8-9H2,1H3,(H2,20,21,23)/t14-/m1/s1. The molecule has 7 heteroatoms. The van der Waals surface area contributed by atoms with E-state index in [2.05, 4.69) is 15.7 Å². The Balaban J connectivity index is 1.44. The second-order valence-corrected chi connectivity index (χ2v) is 6.43. The lowest BCUT2D eigenvalue weighted by Crippen LogP contribution is -2.34. The molecule has 0 spiro atoms. The molecule has 1 aromatic heterocycles. The predicted octanol–water partition coefficient (Wildman–Crippen LogP) is 2.78. The number of carbonyl (C=O) groups is 1. The second-order valence-electron chi connectivity index (χ2n) is 6.43. The number of urea groups is 1. The Morgan fingerprint density at radius 1 is 1.24 bits per heavy atom. The lowest BCUT2D eigenvalue weighted by Gasteiger charge is -2.24. The Bertz CT molecular complexity index is 787. The van der Waals surface area contributed by atoms with Gasteiger partial charge in [-0.3, -0.25) is 4.68 Å². The van der Waals surface area contributed by atoms with E-state index in [1.165, 1.54) is 5.69 Å². The van der Waals surface area contributed by atoms with Crippen LogP contribution >= 0.6 is 0 Å². The first kappa shape index (κ1) is 15.8. The van der Waals surface area contributed by atoms with Gasteiger partial charge in [-0.15, -0.1) is 0 Å². The molecule has 0 radical (unpaired) electrons. The Kier molecular flexibility index (Phi) is 4.21. The van der Waals surface area contributed by atoms with Crippen LogP contribution in [0.1, 0.15) is 36.6 Å². The largest absolute Gasteiger partial charge is 0.490 e. The number of nitrogens with one attached hydrogen (secondary N) is 2. The number of aromatic nitrogens is 2. The van der Waals surface area contributed by atoms with Gasteiger partial charge < -0.3 is 20.1 Å². The van der Waals surface area contributed by atoms with Crippen LogP contribution in [0.3, 0.4) is 0 Å². The van der Waals surface area contributed by atoms with Crippen LogP contribution in [-0.2, 0) is 13.5 Å². The van der Waals surface area contributed by atoms with Crippen LogP contribution in [0.15, 0.2) is 24.4 Å². The Morgan fingerprint density at radius 3 is 2.96 bits per heavy atom. The van der Waals surface area contributed by atoms with Crippen LogP contribution in [0, 0.1) is 0 Å². The summed E-state index contributed by atoms with van der Waals surface area (Å²) in [5.41, 5.74) is 3.00. The minimum absolute atomic E-state index is 0.00198. The van der Waals surface area contributed by atoms with Crippen molar-refractivity contribution in [3.05, 3.63) is 35.7 Å². The molecule has 1 aromatic carbocycles. The summed E-state index contributed by atoms with van der Waals surface area (Å²) in [4.78, 5) is 12.4. The second kappa shape index (κ2) is 6.66. The average molecular weight is 342 g/mol. The maximum Gasteiger partial charge on any atom is 0.319 e. The van der Waals surface area contributed by atoms with Gasteiger partial charge in [0, 0.05) is 36.5 Å². The lowest BCUT2D eigenvalue weighted by molar-refractivity contribution is 0.247. The molecule has 0 unspecified atom stereocenters. The number of hydrogen-bond acceptors (Lipinski definition) is 4. The van der Waals surface area contributed by atoms with Crippen LogP contribution in [0.25, 0.3) is 0 Å². The molecule has 2 amide bonds. The van der Waals surface area contributed by atoms with Crippen LogP contribution < -0.4 is 20.1 Å². The van der Waals surface area contributed by atoms with Gasteiger partial charge in [-0.25, -0.2) is 4.79 Å². The molecular weight excluding hydrogens is 320 g/mol. The SMILES string of the molecule is Cn1ncc2c1CCC[C@H]2NC(=O)Nc1ccc2c(c1)OCCCO2. The minimum atomic E-state index is -0.226. The zero-order valence-corrected chi connectivity index (χ0v) is 14.2. The van der Waals surface area contributed by atoms with Crippen molar-refractivity contribution in [1.82, 2.24) is 15.1 Å². The molecule has 132 valence electrons. The molecule has 0 bridgehead atoms. The summed E-state index contributed by atoms with van der Waals surface area (Å²) >= 11 is 0. The highest BCUT2D eigenvalue weighted by Gasteiger charge is 2.24. The van der Waals surface area contributed by atoms with Crippen molar-refractivity contribution >= 4 is 11.7 Å². The molecule has 0 saturated carbocycles. The molecule has 1 aliphatic heterocycles. The molecule has 25 heavy (non-hydrogen) atoms. The van der Waals surface area contributed by atoms with Gasteiger partial charge >= 0.3 is 6.03 Å². The highest BCUT2D eigenvalue weighted by molar-refractivity contribution is 5.90. The summed E-state index contributed by atoms with van der Waals surface area (Å²) in [5.74, 6) is 1.39. The third-order valence-electron chi connectivity index (χ3n) is 4.69. The molecule has 2 aliphatic rings. The number of carbonyl (C=O) groups excluding carboxylic acids is 1. The number of amides is 2. The van der Waals surface area contributed by atoms with E-state index in [9.17, 15) is 4.79 Å². The Labute approximate surface area is 146 Å². The van der Waals surface area contributed by atoms with Gasteiger partial charge in [-0.05, 0) is 31.4 Å². The topological polar surface area (TPSA) is 77.4 Å². The first-order chi connectivity index (χ1) is 12.2. The third kappa shape index (κ3) is 3.26. The number of ether oxygens (including phenoxy) is 2. The molecule has 2 heterocycles. The number of aryl methyl sites for hydroxylation is 1. The van der Waals surface area contributed by atoms with Crippen LogP contribution in [-0.4, -0.2) is 29.0 Å². The zero-order chi connectivity index (χ0) is 17.2. The van der Waals surface area contributed by atoms with Gasteiger partial charge in [0.05, 0.1) is 25.5 Å². The molecule has 1 aliphatic carbocycles. The Hall–Kier alpha value is -2.70. The van der Waals surface area contributed by atoms with Gasteiger partial charge in [0.25, 0.3) is 0 Å². The number of benzene rings is 1. The molecule has 7 nitrogen and oxygen atoms in total. The van der Waals surface area contributed by atoms with Gasteiger partial charge in [-0.1, -0.05) is 0 Å². The van der Waals surface area contributed by atoms with Crippen LogP contribution in [0.2, 0.25) is 0 Å². The summed E-state index contributed by atoms with van der Waals surface area (Å²) in [5, 5.41) is 10.2. The zero-order valence-electron chi connectivity index (χ0n) is 14.2. The number of nitrogens with zero attached hydrogens (tertiary/aromatic N) is 2. The van der Waals surface area contributed by atoms with Crippen molar-refractivity contribution in [3.63, 3.8) is 0 Å². The van der Waals surface area contributed by atoms with Gasteiger partial charge in [0.2, 0.25) is 0 Å². The van der Waals surface area contributed by atoms with Gasteiger partial charge in [0.1, 0.15) is 0 Å². The fourth-order valence-corrected chi connectivity index (χ4v) is 3.42. The summed E-state index contributed by atoms with van der Waals surface area (Å²) < 4.78 is 13.2. The molecule has 4 rings (SSSR count). The minimum Gasteiger partial charge on any atom is -0.490 e. The van der Waals surface area contributed by atoms with E-state index in [0.29, 0.717) is 24.7 Å². The smallest absolute Gasteiger partial charge is 0.319 e. The maximum atomic E-state index is 12.4. The quantitative estimate of drug-likeness (QED) is 0.880. The van der Waals surface area contributed by atoms with Crippen molar-refractivity contribution in [1.29, 1.82) is 0 Å². The monoisotopic (exact) mass is 342 g/mol. The third-order valence-corrected chi connectivity index (χ3v) is 4.69. The average Bonchev–Trinajstić information content (AvgIpc) is 2.84. The Morgan fingerprint density at radius 2 is 2.08 bits per heavy atom. The van der Waals surface area contributed by atoms with Crippen molar-refractivity contribution in [2.45, 2.75) is 31.7 Å². The normalized spacial score (nSPS) is 18.8. The summed E-state index contributed by atoms with van der Waals surface area (Å²) in [6, 6.07) is 5.23. The first-order valence-electron chi connectivity index (χ1n) is 8.68. The summed E-state index contributed by atoms with van der Waals surface area (Å²) in [7, 11) is 1.94. The van der Waals surface area contributed by atoms with Gasteiger partial charge in [0.15, 0.2) is 11.5 Å². The van der Waals surface area contributed by atoms with Crippen molar-refractivity contribution in [2.24, 2.45) is 7.05 Å². The van der Waals surface area contributed by atoms with E-state index in [-0.39, 0.29) is 12.1 Å². The number of anilines is 1. The molecule has 2 N–H and O–H groups in total. The first-order valence-corrected chi connectivity index (χ1v) is 8.68. The summed E-state index contributed by atoms with van der Waals surface area (Å²) in [6.07, 6.45) is 5.68. The molecule has 1 atom stereocenters. The molecule has 0 fully saturated rings. The molecular formula is C18H22N4O3. The van der Waals surface area contributed by atoms with E-state index in [1.54, 1.807) is 6.07 Å². The van der Waals surface area contributed by atoms with E-state index >= 15 is 0 Å². The van der Waals surface area contributed by atoms with Crippen molar-refractivity contribution < 1.29 is 14.3 Å². The number of rotatable bonds is 2. The fourth-order valence-electron chi connectivity index (χ4n) is 3.42. The molecule has 2 aromatic rings. The highest BCUT2D eigenvalue weighted by atomic mass is 16.5. The molecule has 0 saturated heterocycles. The van der Waals surface area contributed by atoms with Crippen molar-refractivity contribution in [2.75, 3.05) is 18.5 Å². The predicted molar refractivity (Wildman–Crippen MR) is 93.1 cm³/mol. The van der Waals surface area contributed by atoms with E-state index in [4.69, 9.17) is 9.47 Å². The maximum absolute atomic E-state index is 12.4. The number of hydrogen-bond donors (Lipinski definition) is 2. The van der Waals surface area contributed by atoms with Crippen LogP contribution in [0.5, 0.6) is 11.5 Å². The van der Waals surface area contributed by atoms with Crippen LogP contribution in [0.4, 0.5) is 10.5 Å². The lowest BCUT2D eigenvalue weighted by atomic mass is 9.93. The van der Waals surface area contributed by atoms with E-state index in [1.807, 2.05) is 30.1 Å². The van der Waals surface area contributed by atoms with E-state index in [0.717, 1.165) is 37.0 Å². The summed E-state index contributed by atoms with van der Waals surface area (Å²) in [6.45, 7) is 1.27. The van der Waals surface area contributed by atoms with Crippen molar-refractivity contribution in [3.8, 4) is 11.5 Å². The number of fused-ring (bicyclic) bond motifs is 2. The fraction of sp³-hybridized carbons (Fsp3) is 0.444. The van der Waals surface area contributed by atoms with E-state index < -0.39 is 0 Å². The highest BCUT2D eigenvalue weighted by Crippen LogP contribution is 2.33. The van der Waals surface area contributed by atoms with Gasteiger partial charge in [-0.2, -0.15) is 5.10 Å².